The van der Waals surface area contributed by atoms with Crippen LogP contribution in [0.25, 0.3) is 21.9 Å². The summed E-state index contributed by atoms with van der Waals surface area (Å²) in [6, 6.07) is 17.8. The van der Waals surface area contributed by atoms with Crippen LogP contribution in [0.2, 0.25) is 5.15 Å². The summed E-state index contributed by atoms with van der Waals surface area (Å²) in [6.45, 7) is 10.2. The average Bonchev–Trinajstić information content (AvgIpc) is 3.51. The third-order valence-corrected chi connectivity index (χ3v) is 9.29. The topological polar surface area (TPSA) is 96.5 Å². The highest BCUT2D eigenvalue weighted by Crippen LogP contribution is 2.30. The molecule has 2 fully saturated rings. The molecule has 10 nitrogen and oxygen atoms in total. The molecule has 47 heavy (non-hydrogen) atoms. The smallest absolute Gasteiger partial charge is 0.338 e. The molecule has 0 N–H and O–H groups in total. The number of aromatic nitrogens is 5. The van der Waals surface area contributed by atoms with Gasteiger partial charge in [-0.2, -0.15) is 5.10 Å². The summed E-state index contributed by atoms with van der Waals surface area (Å²) in [5.41, 5.74) is 4.88. The second-order valence-corrected chi connectivity index (χ2v) is 14.0. The Kier molecular flexibility index (Phi) is 8.67. The number of hydrogen-bond acceptors (Lipinski definition) is 8. The number of carbonyl (C=O) groups is 1. The molecular weight excluding hydrogens is 616 g/mol. The quantitative estimate of drug-likeness (QED) is 0.162. The molecule has 5 heterocycles. The Morgan fingerprint density at radius 1 is 1.02 bits per heavy atom. The monoisotopic (exact) mass is 656 g/mol. The van der Waals surface area contributed by atoms with Gasteiger partial charge in [0.05, 0.1) is 41.3 Å². The van der Waals surface area contributed by atoms with Crippen molar-refractivity contribution < 1.29 is 19.0 Å². The van der Waals surface area contributed by atoms with Gasteiger partial charge in [0.1, 0.15) is 18.0 Å². The molecule has 11 heteroatoms. The number of rotatable bonds is 9. The Balaban J connectivity index is 1.00. The lowest BCUT2D eigenvalue weighted by molar-refractivity contribution is -0.0592. The zero-order valence-electron chi connectivity index (χ0n) is 27.4. The predicted octanol–water partition coefficient (Wildman–Crippen LogP) is 6.67. The SMILES string of the molecule is Cn1nc(Cl)c2ccc(COc3cccc(C4CCN(Cc5nc6ccc(C(=O)OC(C)(C)C)cc6n5CC5CCO5)CC4)n3)cc21. The van der Waals surface area contributed by atoms with Crippen LogP contribution in [0.1, 0.15) is 73.4 Å². The Morgan fingerprint density at radius 2 is 1.83 bits per heavy atom. The van der Waals surface area contributed by atoms with E-state index in [1.165, 1.54) is 0 Å². The van der Waals surface area contributed by atoms with Gasteiger partial charge in [0.2, 0.25) is 5.88 Å². The van der Waals surface area contributed by atoms with Gasteiger partial charge in [-0.3, -0.25) is 9.58 Å². The molecule has 0 aliphatic carbocycles. The largest absolute Gasteiger partial charge is 0.473 e. The first kappa shape index (κ1) is 31.6. The third kappa shape index (κ3) is 7.00. The highest BCUT2D eigenvalue weighted by molar-refractivity contribution is 6.34. The number of nitrogens with zero attached hydrogens (tertiary/aromatic N) is 6. The van der Waals surface area contributed by atoms with Gasteiger partial charge in [0.25, 0.3) is 0 Å². The van der Waals surface area contributed by atoms with Gasteiger partial charge in [0, 0.05) is 36.7 Å². The van der Waals surface area contributed by atoms with Gasteiger partial charge in [0.15, 0.2) is 5.15 Å². The molecule has 2 aliphatic heterocycles. The minimum atomic E-state index is -0.557. The van der Waals surface area contributed by atoms with Crippen LogP contribution in [0.5, 0.6) is 5.88 Å². The van der Waals surface area contributed by atoms with Gasteiger partial charge in [-0.15, -0.1) is 0 Å². The molecule has 0 spiro atoms. The first-order valence-electron chi connectivity index (χ1n) is 16.4. The van der Waals surface area contributed by atoms with E-state index in [-0.39, 0.29) is 12.1 Å². The molecule has 0 saturated carbocycles. The number of esters is 1. The van der Waals surface area contributed by atoms with Crippen LogP contribution in [0.15, 0.2) is 54.6 Å². The number of hydrogen-bond donors (Lipinski definition) is 0. The van der Waals surface area contributed by atoms with Crippen molar-refractivity contribution in [2.75, 3.05) is 19.7 Å². The number of benzene rings is 2. The molecule has 2 saturated heterocycles. The molecule has 0 radical (unpaired) electrons. The summed E-state index contributed by atoms with van der Waals surface area (Å²) in [5.74, 6) is 1.66. The summed E-state index contributed by atoms with van der Waals surface area (Å²) < 4.78 is 21.6. The van der Waals surface area contributed by atoms with Crippen LogP contribution in [0.3, 0.4) is 0 Å². The molecule has 7 rings (SSSR count). The fraction of sp³-hybridized carbons (Fsp3) is 0.444. The predicted molar refractivity (Wildman–Crippen MR) is 181 cm³/mol. The fourth-order valence-electron chi connectivity index (χ4n) is 6.42. The van der Waals surface area contributed by atoms with Crippen LogP contribution >= 0.6 is 11.6 Å². The second kappa shape index (κ2) is 12.9. The van der Waals surface area contributed by atoms with Crippen molar-refractivity contribution in [1.82, 2.24) is 29.2 Å². The normalized spacial score (nSPS) is 17.7. The van der Waals surface area contributed by atoms with Crippen molar-refractivity contribution in [3.8, 4) is 5.88 Å². The Labute approximate surface area is 279 Å². The first-order chi connectivity index (χ1) is 22.6. The lowest BCUT2D eigenvalue weighted by atomic mass is 9.93. The number of piperidine rings is 1. The van der Waals surface area contributed by atoms with Gasteiger partial charge in [-0.1, -0.05) is 23.7 Å². The number of fused-ring (bicyclic) bond motifs is 2. The second-order valence-electron chi connectivity index (χ2n) is 13.6. The molecule has 0 bridgehead atoms. The lowest BCUT2D eigenvalue weighted by Gasteiger charge is -2.32. The number of carbonyl (C=O) groups excluding carboxylic acids is 1. The van der Waals surface area contributed by atoms with Crippen molar-refractivity contribution >= 4 is 39.5 Å². The minimum Gasteiger partial charge on any atom is -0.473 e. The van der Waals surface area contributed by atoms with Crippen molar-refractivity contribution in [3.63, 3.8) is 0 Å². The van der Waals surface area contributed by atoms with E-state index in [0.29, 0.717) is 29.1 Å². The molecular formula is C36H41ClN6O4. The van der Waals surface area contributed by atoms with Crippen LogP contribution in [0.4, 0.5) is 0 Å². The zero-order valence-corrected chi connectivity index (χ0v) is 28.2. The zero-order chi connectivity index (χ0) is 32.7. The van der Waals surface area contributed by atoms with Gasteiger partial charge in [-0.25, -0.2) is 14.8 Å². The summed E-state index contributed by atoms with van der Waals surface area (Å²) >= 11 is 6.22. The van der Waals surface area contributed by atoms with Gasteiger partial charge in [-0.05, 0) is 95.1 Å². The summed E-state index contributed by atoms with van der Waals surface area (Å²) in [6.07, 6.45) is 3.20. The lowest BCUT2D eigenvalue weighted by Crippen LogP contribution is -2.35. The van der Waals surface area contributed by atoms with Crippen molar-refractivity contribution in [2.45, 2.75) is 77.4 Å². The van der Waals surface area contributed by atoms with Crippen molar-refractivity contribution in [2.24, 2.45) is 7.05 Å². The molecule has 1 unspecified atom stereocenters. The van der Waals surface area contributed by atoms with Crippen LogP contribution < -0.4 is 4.74 Å². The molecule has 2 aromatic carbocycles. The first-order valence-corrected chi connectivity index (χ1v) is 16.7. The number of likely N-dealkylation sites (tertiary alicyclic amines) is 1. The van der Waals surface area contributed by atoms with E-state index in [0.717, 1.165) is 91.1 Å². The maximum Gasteiger partial charge on any atom is 0.338 e. The van der Waals surface area contributed by atoms with E-state index in [2.05, 4.69) is 26.7 Å². The van der Waals surface area contributed by atoms with Crippen molar-refractivity contribution in [1.29, 1.82) is 0 Å². The third-order valence-electron chi connectivity index (χ3n) is 9.01. The number of ether oxygens (including phenoxy) is 3. The minimum absolute atomic E-state index is 0.166. The highest BCUT2D eigenvalue weighted by atomic mass is 35.5. The summed E-state index contributed by atoms with van der Waals surface area (Å²) in [7, 11) is 1.89. The van der Waals surface area contributed by atoms with E-state index in [1.807, 2.05) is 70.3 Å². The molecule has 3 aromatic heterocycles. The number of aryl methyl sites for hydroxylation is 1. The standard InChI is InChI=1S/C36H41ClN6O4/c1-36(2,3)47-35(44)25-9-11-29-31(19-25)43(20-26-14-17-45-26)32(38-29)21-42-15-12-24(13-16-42)28-6-5-7-33(39-28)46-22-23-8-10-27-30(18-23)41(4)40-34(27)37/h5-11,18-19,24,26H,12-17,20-22H2,1-4H3. The van der Waals surface area contributed by atoms with E-state index < -0.39 is 5.60 Å². The van der Waals surface area contributed by atoms with Crippen LogP contribution in [0, 0.1) is 0 Å². The Hall–Kier alpha value is -3.99. The maximum atomic E-state index is 12.8. The Bertz CT molecular complexity index is 1920. The summed E-state index contributed by atoms with van der Waals surface area (Å²) in [4.78, 5) is 25.2. The molecule has 1 atom stereocenters. The molecule has 0 amide bonds. The van der Waals surface area contributed by atoms with Gasteiger partial charge < -0.3 is 18.8 Å². The van der Waals surface area contributed by atoms with Gasteiger partial charge >= 0.3 is 5.97 Å². The molecule has 2 aliphatic rings. The maximum absolute atomic E-state index is 12.8. The van der Waals surface area contributed by atoms with Crippen molar-refractivity contribution in [3.05, 3.63) is 82.4 Å². The average molecular weight is 657 g/mol. The summed E-state index contributed by atoms with van der Waals surface area (Å²) in [5, 5.41) is 5.73. The molecule has 246 valence electrons. The fourth-order valence-corrected chi connectivity index (χ4v) is 6.70. The van der Waals surface area contributed by atoms with E-state index >= 15 is 0 Å². The van der Waals surface area contributed by atoms with E-state index in [4.69, 9.17) is 35.8 Å². The van der Waals surface area contributed by atoms with Crippen LogP contribution in [-0.4, -0.2) is 66.6 Å². The number of imidazole rings is 1. The van der Waals surface area contributed by atoms with E-state index in [9.17, 15) is 4.79 Å². The molecule has 5 aromatic rings. The van der Waals surface area contributed by atoms with E-state index in [1.54, 1.807) is 4.68 Å². The Morgan fingerprint density at radius 3 is 2.57 bits per heavy atom. The number of halogens is 1. The highest BCUT2D eigenvalue weighted by Gasteiger charge is 2.27. The van der Waals surface area contributed by atoms with Crippen LogP contribution in [-0.2, 0) is 36.2 Å². The number of pyridine rings is 1.